The fourth-order valence-corrected chi connectivity index (χ4v) is 2.65. The third kappa shape index (κ3) is 4.63. The molecular formula is C21H25N3O2. The molecule has 2 rings (SSSR count). The van der Waals surface area contributed by atoms with Crippen LogP contribution in [0.5, 0.6) is 0 Å². The van der Waals surface area contributed by atoms with Crippen LogP contribution in [0.25, 0.3) is 0 Å². The molecule has 1 atom stereocenters. The Bertz CT molecular complexity index is 885. The number of azo groups is 1. The third-order valence-corrected chi connectivity index (χ3v) is 4.37. The van der Waals surface area contributed by atoms with E-state index in [1.54, 1.807) is 0 Å². The second-order valence-electron chi connectivity index (χ2n) is 6.76. The standard InChI is InChI=1S/C21H25N3O2/c1-12-7-8-18(15(4)9-12)23-24-20(17(6)25)21(26)22-19-11-14(3)13(2)10-16(19)5/h7-11,20H,1-6H3,(H,22,26). The highest BCUT2D eigenvalue weighted by molar-refractivity contribution is 6.10. The Morgan fingerprint density at radius 2 is 1.54 bits per heavy atom. The molecule has 2 aromatic carbocycles. The van der Waals surface area contributed by atoms with Gasteiger partial charge >= 0.3 is 0 Å². The lowest BCUT2D eigenvalue weighted by Gasteiger charge is -2.13. The lowest BCUT2D eigenvalue weighted by molar-refractivity contribution is -0.126. The predicted octanol–water partition coefficient (Wildman–Crippen LogP) is 4.91. The smallest absolute Gasteiger partial charge is 0.258 e. The number of anilines is 1. The SMILES string of the molecule is CC(=O)C(N=Nc1ccc(C)cc1C)C(=O)Nc1cc(C)c(C)cc1C. The van der Waals surface area contributed by atoms with Crippen molar-refractivity contribution in [2.24, 2.45) is 10.2 Å². The van der Waals surface area contributed by atoms with Crippen molar-refractivity contribution in [3.63, 3.8) is 0 Å². The van der Waals surface area contributed by atoms with Crippen LogP contribution >= 0.6 is 0 Å². The molecule has 1 N–H and O–H groups in total. The number of benzene rings is 2. The summed E-state index contributed by atoms with van der Waals surface area (Å²) in [6.07, 6.45) is 0. The number of hydrogen-bond donors (Lipinski definition) is 1. The molecule has 0 spiro atoms. The van der Waals surface area contributed by atoms with Gasteiger partial charge < -0.3 is 5.32 Å². The van der Waals surface area contributed by atoms with Crippen LogP contribution < -0.4 is 5.32 Å². The first kappa shape index (κ1) is 19.5. The number of carbonyl (C=O) groups is 2. The number of nitrogens with one attached hydrogen (secondary N) is 1. The molecule has 0 radical (unpaired) electrons. The van der Waals surface area contributed by atoms with Crippen LogP contribution in [0, 0.1) is 34.6 Å². The van der Waals surface area contributed by atoms with Gasteiger partial charge in [0, 0.05) is 5.69 Å². The lowest BCUT2D eigenvalue weighted by Crippen LogP contribution is -2.32. The van der Waals surface area contributed by atoms with Gasteiger partial charge in [0.15, 0.2) is 5.78 Å². The molecule has 0 aliphatic carbocycles. The minimum Gasteiger partial charge on any atom is -0.324 e. The summed E-state index contributed by atoms with van der Waals surface area (Å²) in [6.45, 7) is 11.2. The molecule has 0 aliphatic heterocycles. The van der Waals surface area contributed by atoms with E-state index in [-0.39, 0.29) is 5.78 Å². The normalized spacial score (nSPS) is 12.2. The monoisotopic (exact) mass is 351 g/mol. The second-order valence-corrected chi connectivity index (χ2v) is 6.76. The van der Waals surface area contributed by atoms with Crippen molar-refractivity contribution in [3.05, 3.63) is 58.1 Å². The minimum absolute atomic E-state index is 0.350. The first-order valence-corrected chi connectivity index (χ1v) is 8.56. The van der Waals surface area contributed by atoms with E-state index in [2.05, 4.69) is 15.5 Å². The maximum absolute atomic E-state index is 12.6. The maximum Gasteiger partial charge on any atom is 0.258 e. The fourth-order valence-electron chi connectivity index (χ4n) is 2.65. The Labute approximate surface area is 154 Å². The van der Waals surface area contributed by atoms with Gasteiger partial charge in [0.2, 0.25) is 6.04 Å². The van der Waals surface area contributed by atoms with Gasteiger partial charge in [-0.25, -0.2) is 0 Å². The number of Topliss-reactive ketones (excluding diaryl/α,β-unsaturated/α-hetero) is 1. The Morgan fingerprint density at radius 3 is 2.15 bits per heavy atom. The van der Waals surface area contributed by atoms with Gasteiger partial charge in [-0.05, 0) is 75.9 Å². The van der Waals surface area contributed by atoms with Crippen LogP contribution in [0.15, 0.2) is 40.6 Å². The van der Waals surface area contributed by atoms with Crippen LogP contribution in [0.4, 0.5) is 11.4 Å². The summed E-state index contributed by atoms with van der Waals surface area (Å²) in [6, 6.07) is 8.47. The molecule has 0 aromatic heterocycles. The molecule has 0 bridgehead atoms. The van der Waals surface area contributed by atoms with Crippen molar-refractivity contribution in [1.82, 2.24) is 0 Å². The zero-order valence-corrected chi connectivity index (χ0v) is 16.2. The molecule has 1 amide bonds. The van der Waals surface area contributed by atoms with E-state index in [4.69, 9.17) is 0 Å². The van der Waals surface area contributed by atoms with Crippen LogP contribution in [-0.4, -0.2) is 17.7 Å². The molecule has 5 heteroatoms. The lowest BCUT2D eigenvalue weighted by atomic mass is 10.0. The predicted molar refractivity (Wildman–Crippen MR) is 104 cm³/mol. The van der Waals surface area contributed by atoms with E-state index in [1.807, 2.05) is 65.0 Å². The van der Waals surface area contributed by atoms with Crippen molar-refractivity contribution in [2.75, 3.05) is 5.32 Å². The minimum atomic E-state index is -1.17. The molecule has 26 heavy (non-hydrogen) atoms. The van der Waals surface area contributed by atoms with Crippen molar-refractivity contribution >= 4 is 23.1 Å². The topological polar surface area (TPSA) is 70.9 Å². The van der Waals surface area contributed by atoms with Gasteiger partial charge in [0.25, 0.3) is 5.91 Å². The Balaban J connectivity index is 2.24. The first-order valence-electron chi connectivity index (χ1n) is 8.56. The first-order chi connectivity index (χ1) is 12.2. The van der Waals surface area contributed by atoms with Gasteiger partial charge in [-0.1, -0.05) is 23.8 Å². The van der Waals surface area contributed by atoms with Gasteiger partial charge in [0.1, 0.15) is 0 Å². The molecule has 2 aromatic rings. The van der Waals surface area contributed by atoms with Gasteiger partial charge in [-0.15, -0.1) is 0 Å². The van der Waals surface area contributed by atoms with Crippen molar-refractivity contribution in [2.45, 2.75) is 47.6 Å². The van der Waals surface area contributed by atoms with Crippen molar-refractivity contribution in [3.8, 4) is 0 Å². The molecule has 0 aliphatic rings. The Hall–Kier alpha value is -2.82. The van der Waals surface area contributed by atoms with E-state index in [0.29, 0.717) is 11.4 Å². The van der Waals surface area contributed by atoms with Gasteiger partial charge in [-0.2, -0.15) is 10.2 Å². The largest absolute Gasteiger partial charge is 0.324 e. The quantitative estimate of drug-likeness (QED) is 0.614. The number of aryl methyl sites for hydroxylation is 5. The molecule has 136 valence electrons. The summed E-state index contributed by atoms with van der Waals surface area (Å²) < 4.78 is 0. The average Bonchev–Trinajstić information content (AvgIpc) is 2.54. The highest BCUT2D eigenvalue weighted by Gasteiger charge is 2.24. The molecule has 0 saturated carbocycles. The highest BCUT2D eigenvalue weighted by Crippen LogP contribution is 2.22. The summed E-state index contributed by atoms with van der Waals surface area (Å²) in [5, 5.41) is 10.9. The summed E-state index contributed by atoms with van der Waals surface area (Å²) >= 11 is 0. The third-order valence-electron chi connectivity index (χ3n) is 4.37. The fraction of sp³-hybridized carbons (Fsp3) is 0.333. The van der Waals surface area contributed by atoms with Crippen LogP contribution in [0.1, 0.15) is 34.7 Å². The van der Waals surface area contributed by atoms with E-state index in [9.17, 15) is 9.59 Å². The second kappa shape index (κ2) is 8.04. The number of rotatable bonds is 5. The molecule has 0 fully saturated rings. The van der Waals surface area contributed by atoms with E-state index >= 15 is 0 Å². The summed E-state index contributed by atoms with van der Waals surface area (Å²) in [5.74, 6) is -0.824. The number of amides is 1. The molecular weight excluding hydrogens is 326 g/mol. The van der Waals surface area contributed by atoms with Crippen molar-refractivity contribution < 1.29 is 9.59 Å². The average molecular weight is 351 g/mol. The van der Waals surface area contributed by atoms with E-state index in [1.165, 1.54) is 6.92 Å². The molecule has 0 heterocycles. The zero-order chi connectivity index (χ0) is 19.4. The molecule has 0 saturated heterocycles. The summed E-state index contributed by atoms with van der Waals surface area (Å²) in [5.41, 5.74) is 6.56. The van der Waals surface area contributed by atoms with Crippen LogP contribution in [0.2, 0.25) is 0 Å². The van der Waals surface area contributed by atoms with Crippen LogP contribution in [0.3, 0.4) is 0 Å². The Kier molecular flexibility index (Phi) is 6.03. The zero-order valence-electron chi connectivity index (χ0n) is 16.2. The number of carbonyl (C=O) groups excluding carboxylic acids is 2. The molecule has 5 nitrogen and oxygen atoms in total. The van der Waals surface area contributed by atoms with Crippen molar-refractivity contribution in [1.29, 1.82) is 0 Å². The number of nitrogens with zero attached hydrogens (tertiary/aromatic N) is 2. The Morgan fingerprint density at radius 1 is 0.885 bits per heavy atom. The van der Waals surface area contributed by atoms with Gasteiger partial charge in [0.05, 0.1) is 5.69 Å². The summed E-state index contributed by atoms with van der Waals surface area (Å²) in [7, 11) is 0. The maximum atomic E-state index is 12.6. The number of ketones is 1. The van der Waals surface area contributed by atoms with Gasteiger partial charge in [-0.3, -0.25) is 9.59 Å². The number of hydrogen-bond acceptors (Lipinski definition) is 4. The van der Waals surface area contributed by atoms with Crippen LogP contribution in [-0.2, 0) is 9.59 Å². The van der Waals surface area contributed by atoms with E-state index < -0.39 is 11.9 Å². The molecule has 1 unspecified atom stereocenters. The highest BCUT2D eigenvalue weighted by atomic mass is 16.2. The van der Waals surface area contributed by atoms with E-state index in [0.717, 1.165) is 27.8 Å². The summed E-state index contributed by atoms with van der Waals surface area (Å²) in [4.78, 5) is 24.5.